The highest BCUT2D eigenvalue weighted by Gasteiger charge is 2.36. The molecular weight excluding hydrogens is 206 g/mol. The van der Waals surface area contributed by atoms with Gasteiger partial charge in [-0.25, -0.2) is 0 Å². The summed E-state index contributed by atoms with van der Waals surface area (Å²) < 4.78 is 6.02. The number of aromatic nitrogens is 3. The van der Waals surface area contributed by atoms with E-state index in [-0.39, 0.29) is 5.04 Å². The average Bonchev–Trinajstić information content (AvgIpc) is 2.54. The molecule has 0 aromatic carbocycles. The Balaban J connectivity index is 2.37. The van der Waals surface area contributed by atoms with Crippen LogP contribution >= 0.6 is 0 Å². The fourth-order valence-electron chi connectivity index (χ4n) is 0.975. The standard InChI is InChI=1S/C10H21N3OSi/c1-10(2,3)15(4,5)14-7-6-9-8-11-13-12-9/h8H,6-7H2,1-5H3,(H,11,12,13). The molecule has 0 spiro atoms. The Hall–Kier alpha value is -0.683. The second kappa shape index (κ2) is 4.45. The van der Waals surface area contributed by atoms with Gasteiger partial charge in [-0.05, 0) is 18.1 Å². The molecule has 0 saturated carbocycles. The topological polar surface area (TPSA) is 50.8 Å². The summed E-state index contributed by atoms with van der Waals surface area (Å²) in [5, 5.41) is 10.6. The monoisotopic (exact) mass is 227 g/mol. The van der Waals surface area contributed by atoms with E-state index in [0.29, 0.717) is 0 Å². The van der Waals surface area contributed by atoms with Gasteiger partial charge in [0.05, 0.1) is 5.69 Å². The molecule has 0 radical (unpaired) electrons. The number of nitrogens with zero attached hydrogens (tertiary/aromatic N) is 2. The minimum absolute atomic E-state index is 0.275. The van der Waals surface area contributed by atoms with Gasteiger partial charge < -0.3 is 4.43 Å². The molecular formula is C10H21N3OSi. The van der Waals surface area contributed by atoms with Gasteiger partial charge in [-0.2, -0.15) is 0 Å². The molecule has 0 aliphatic rings. The van der Waals surface area contributed by atoms with Crippen LogP contribution < -0.4 is 0 Å². The van der Waals surface area contributed by atoms with Crippen molar-refractivity contribution in [2.75, 3.05) is 6.61 Å². The smallest absolute Gasteiger partial charge is 0.191 e. The Morgan fingerprint density at radius 3 is 2.53 bits per heavy atom. The maximum Gasteiger partial charge on any atom is 0.191 e. The fraction of sp³-hybridized carbons (Fsp3) is 0.800. The molecule has 0 amide bonds. The second-order valence-electron chi connectivity index (χ2n) is 5.32. The highest BCUT2D eigenvalue weighted by molar-refractivity contribution is 6.74. The zero-order chi connectivity index (χ0) is 11.5. The Kier molecular flexibility index (Phi) is 3.67. The summed E-state index contributed by atoms with van der Waals surface area (Å²) in [7, 11) is -1.60. The zero-order valence-electron chi connectivity index (χ0n) is 10.3. The van der Waals surface area contributed by atoms with Crippen molar-refractivity contribution in [1.29, 1.82) is 0 Å². The number of aromatic amines is 1. The van der Waals surface area contributed by atoms with E-state index < -0.39 is 8.32 Å². The summed E-state index contributed by atoms with van der Waals surface area (Å²) in [6.07, 6.45) is 2.65. The Bertz CT molecular complexity index is 290. The van der Waals surface area contributed by atoms with Crippen molar-refractivity contribution in [3.05, 3.63) is 11.9 Å². The summed E-state index contributed by atoms with van der Waals surface area (Å²) >= 11 is 0. The molecule has 0 aliphatic heterocycles. The van der Waals surface area contributed by atoms with E-state index in [1.165, 1.54) is 0 Å². The van der Waals surface area contributed by atoms with Crippen molar-refractivity contribution >= 4 is 8.32 Å². The first kappa shape index (κ1) is 12.4. The van der Waals surface area contributed by atoms with Crippen LogP contribution in [0.25, 0.3) is 0 Å². The van der Waals surface area contributed by atoms with Gasteiger partial charge in [-0.1, -0.05) is 26.0 Å². The Labute approximate surface area is 92.6 Å². The zero-order valence-corrected chi connectivity index (χ0v) is 11.3. The van der Waals surface area contributed by atoms with Crippen molar-refractivity contribution in [3.8, 4) is 0 Å². The molecule has 0 saturated heterocycles. The molecule has 0 fully saturated rings. The van der Waals surface area contributed by atoms with E-state index >= 15 is 0 Å². The average molecular weight is 227 g/mol. The van der Waals surface area contributed by atoms with E-state index in [1.807, 2.05) is 6.20 Å². The highest BCUT2D eigenvalue weighted by Crippen LogP contribution is 2.36. The van der Waals surface area contributed by atoms with Gasteiger partial charge in [0, 0.05) is 19.2 Å². The summed E-state index contributed by atoms with van der Waals surface area (Å²) in [4.78, 5) is 0. The number of rotatable bonds is 4. The molecule has 1 N–H and O–H groups in total. The van der Waals surface area contributed by atoms with Crippen molar-refractivity contribution in [2.45, 2.75) is 45.3 Å². The number of hydrogen-bond acceptors (Lipinski definition) is 3. The molecule has 15 heavy (non-hydrogen) atoms. The van der Waals surface area contributed by atoms with Crippen LogP contribution in [0.4, 0.5) is 0 Å². The molecule has 1 heterocycles. The summed E-state index contributed by atoms with van der Waals surface area (Å²) in [6, 6.07) is 0. The second-order valence-corrected chi connectivity index (χ2v) is 10.1. The van der Waals surface area contributed by atoms with Crippen LogP contribution in [-0.2, 0) is 10.8 Å². The molecule has 0 aliphatic carbocycles. The lowest BCUT2D eigenvalue weighted by molar-refractivity contribution is 0.290. The molecule has 86 valence electrons. The molecule has 1 aromatic rings. The van der Waals surface area contributed by atoms with E-state index in [4.69, 9.17) is 4.43 Å². The quantitative estimate of drug-likeness (QED) is 0.803. The van der Waals surface area contributed by atoms with Crippen molar-refractivity contribution in [2.24, 2.45) is 0 Å². The molecule has 0 atom stereocenters. The van der Waals surface area contributed by atoms with Crippen LogP contribution in [0.15, 0.2) is 6.20 Å². The van der Waals surface area contributed by atoms with Crippen LogP contribution in [0.3, 0.4) is 0 Å². The van der Waals surface area contributed by atoms with Gasteiger partial charge in [0.2, 0.25) is 0 Å². The van der Waals surface area contributed by atoms with Crippen LogP contribution in [0.1, 0.15) is 26.5 Å². The van der Waals surface area contributed by atoms with Crippen molar-refractivity contribution in [1.82, 2.24) is 15.4 Å². The largest absolute Gasteiger partial charge is 0.416 e. The maximum absolute atomic E-state index is 6.02. The first-order chi connectivity index (χ1) is 6.83. The van der Waals surface area contributed by atoms with E-state index in [2.05, 4.69) is 49.3 Å². The first-order valence-electron chi connectivity index (χ1n) is 5.32. The van der Waals surface area contributed by atoms with Gasteiger partial charge in [-0.15, -0.1) is 5.10 Å². The van der Waals surface area contributed by atoms with Crippen molar-refractivity contribution in [3.63, 3.8) is 0 Å². The highest BCUT2D eigenvalue weighted by atomic mass is 28.4. The first-order valence-corrected chi connectivity index (χ1v) is 8.23. The van der Waals surface area contributed by atoms with Gasteiger partial charge in [0.1, 0.15) is 0 Å². The molecule has 5 heteroatoms. The maximum atomic E-state index is 6.02. The van der Waals surface area contributed by atoms with E-state index in [9.17, 15) is 0 Å². The third-order valence-electron chi connectivity index (χ3n) is 3.09. The predicted octanol–water partition coefficient (Wildman–Crippen LogP) is 2.37. The lowest BCUT2D eigenvalue weighted by atomic mass is 10.2. The SMILES string of the molecule is CC(C)(C)[Si](C)(C)OCCc1c[nH]nn1. The summed E-state index contributed by atoms with van der Waals surface area (Å²) in [6.45, 7) is 12.0. The van der Waals surface area contributed by atoms with E-state index in [0.717, 1.165) is 18.7 Å². The Morgan fingerprint density at radius 2 is 2.07 bits per heavy atom. The van der Waals surface area contributed by atoms with Crippen LogP contribution in [0, 0.1) is 0 Å². The lowest BCUT2D eigenvalue weighted by Crippen LogP contribution is -2.41. The van der Waals surface area contributed by atoms with Crippen LogP contribution in [0.2, 0.25) is 18.1 Å². The summed E-state index contributed by atoms with van der Waals surface area (Å²) in [5.41, 5.74) is 0.966. The van der Waals surface area contributed by atoms with Crippen molar-refractivity contribution < 1.29 is 4.43 Å². The number of nitrogens with one attached hydrogen (secondary N) is 1. The number of H-pyrrole nitrogens is 1. The minimum atomic E-state index is -1.60. The lowest BCUT2D eigenvalue weighted by Gasteiger charge is -2.36. The predicted molar refractivity (Wildman–Crippen MR) is 63.2 cm³/mol. The molecule has 0 unspecified atom stereocenters. The van der Waals surface area contributed by atoms with Gasteiger partial charge in [0.15, 0.2) is 8.32 Å². The van der Waals surface area contributed by atoms with Crippen LogP contribution in [-0.4, -0.2) is 30.3 Å². The Morgan fingerprint density at radius 1 is 1.40 bits per heavy atom. The van der Waals surface area contributed by atoms with Crippen LogP contribution in [0.5, 0.6) is 0 Å². The fourth-order valence-corrected chi connectivity index (χ4v) is 2.02. The molecule has 1 aromatic heterocycles. The molecule has 0 bridgehead atoms. The molecule has 4 nitrogen and oxygen atoms in total. The third-order valence-corrected chi connectivity index (χ3v) is 7.63. The molecule has 1 rings (SSSR count). The normalized spacial score (nSPS) is 13.1. The van der Waals surface area contributed by atoms with Gasteiger partial charge >= 0.3 is 0 Å². The third kappa shape index (κ3) is 3.42. The van der Waals surface area contributed by atoms with E-state index in [1.54, 1.807) is 0 Å². The minimum Gasteiger partial charge on any atom is -0.416 e. The van der Waals surface area contributed by atoms with Gasteiger partial charge in [0.25, 0.3) is 0 Å². The number of hydrogen-bond donors (Lipinski definition) is 1. The van der Waals surface area contributed by atoms with Gasteiger partial charge in [-0.3, -0.25) is 5.10 Å². The summed E-state index contributed by atoms with van der Waals surface area (Å²) in [5.74, 6) is 0.